The van der Waals surface area contributed by atoms with E-state index in [0.717, 1.165) is 5.56 Å². The number of carbonyl (C=O) groups excluding carboxylic acids is 1. The number of ether oxygens (including phenoxy) is 1. The van der Waals surface area contributed by atoms with Crippen LogP contribution >= 0.6 is 0 Å². The van der Waals surface area contributed by atoms with Gasteiger partial charge in [-0.05, 0) is 42.8 Å². The molecule has 0 aliphatic carbocycles. The van der Waals surface area contributed by atoms with E-state index in [4.69, 9.17) is 4.74 Å². The van der Waals surface area contributed by atoms with E-state index in [1.54, 1.807) is 24.5 Å². The Bertz CT molecular complexity index is 804. The van der Waals surface area contributed by atoms with Gasteiger partial charge in [0.05, 0.1) is 11.6 Å². The van der Waals surface area contributed by atoms with Crippen LogP contribution in [0.25, 0.3) is 0 Å². The number of aromatic nitrogens is 1. The number of hydrogen-bond acceptors (Lipinski definition) is 3. The van der Waals surface area contributed by atoms with Crippen LogP contribution in [-0.4, -0.2) is 10.9 Å². The Balaban J connectivity index is 1.78. The Morgan fingerprint density at radius 2 is 1.75 bits per heavy atom. The third-order valence-electron chi connectivity index (χ3n) is 3.63. The van der Waals surface area contributed by atoms with Crippen LogP contribution < -0.4 is 10.1 Å². The molecule has 0 aliphatic rings. The van der Waals surface area contributed by atoms with Gasteiger partial charge in [-0.15, -0.1) is 0 Å². The second kappa shape index (κ2) is 7.42. The Labute approximate surface area is 141 Å². The van der Waals surface area contributed by atoms with E-state index >= 15 is 0 Å². The van der Waals surface area contributed by atoms with Crippen molar-refractivity contribution in [3.8, 4) is 11.5 Å². The molecule has 0 bridgehead atoms. The smallest absolute Gasteiger partial charge is 0.255 e. The summed E-state index contributed by atoms with van der Waals surface area (Å²) in [5.41, 5.74) is 1.45. The van der Waals surface area contributed by atoms with E-state index in [1.165, 1.54) is 0 Å². The van der Waals surface area contributed by atoms with Crippen LogP contribution in [0.15, 0.2) is 79.1 Å². The van der Waals surface area contributed by atoms with E-state index in [9.17, 15) is 4.79 Å². The maximum Gasteiger partial charge on any atom is 0.255 e. The predicted octanol–water partition coefficient (Wildman–Crippen LogP) is 4.36. The lowest BCUT2D eigenvalue weighted by Crippen LogP contribution is -2.27. The predicted molar refractivity (Wildman–Crippen MR) is 93.1 cm³/mol. The van der Waals surface area contributed by atoms with E-state index in [2.05, 4.69) is 10.3 Å². The number of pyridine rings is 1. The Kier molecular flexibility index (Phi) is 4.87. The molecule has 3 aromatic rings. The molecular formula is C20H18N2O2. The number of rotatable bonds is 5. The quantitative estimate of drug-likeness (QED) is 0.760. The topological polar surface area (TPSA) is 51.2 Å². The van der Waals surface area contributed by atoms with E-state index in [-0.39, 0.29) is 11.9 Å². The monoisotopic (exact) mass is 318 g/mol. The van der Waals surface area contributed by atoms with Gasteiger partial charge in [0, 0.05) is 12.4 Å². The second-order valence-electron chi connectivity index (χ2n) is 5.39. The van der Waals surface area contributed by atoms with E-state index in [1.807, 2.05) is 61.5 Å². The van der Waals surface area contributed by atoms with E-state index in [0.29, 0.717) is 17.1 Å². The fourth-order valence-corrected chi connectivity index (χ4v) is 2.35. The van der Waals surface area contributed by atoms with Crippen LogP contribution in [-0.2, 0) is 0 Å². The largest absolute Gasteiger partial charge is 0.457 e. The fourth-order valence-electron chi connectivity index (χ4n) is 2.35. The lowest BCUT2D eigenvalue weighted by molar-refractivity contribution is 0.0937. The SMILES string of the molecule is C[C@H](NC(=O)c1ccccc1Oc1ccccc1)c1cccnc1. The van der Waals surface area contributed by atoms with Gasteiger partial charge in [-0.1, -0.05) is 36.4 Å². The van der Waals surface area contributed by atoms with Crippen molar-refractivity contribution in [2.75, 3.05) is 0 Å². The van der Waals surface area contributed by atoms with E-state index < -0.39 is 0 Å². The Morgan fingerprint density at radius 3 is 2.50 bits per heavy atom. The lowest BCUT2D eigenvalue weighted by Gasteiger charge is -2.16. The molecule has 1 heterocycles. The maximum atomic E-state index is 12.6. The maximum absolute atomic E-state index is 12.6. The number of amides is 1. The molecule has 0 fully saturated rings. The van der Waals surface area contributed by atoms with Crippen molar-refractivity contribution in [2.24, 2.45) is 0 Å². The van der Waals surface area contributed by atoms with Crippen molar-refractivity contribution in [1.82, 2.24) is 10.3 Å². The molecule has 0 aliphatic heterocycles. The van der Waals surface area contributed by atoms with Gasteiger partial charge in [0.25, 0.3) is 5.91 Å². The third-order valence-corrected chi connectivity index (χ3v) is 3.63. The number of benzene rings is 2. The first kappa shape index (κ1) is 15.7. The zero-order valence-electron chi connectivity index (χ0n) is 13.3. The average molecular weight is 318 g/mol. The number of carbonyl (C=O) groups is 1. The highest BCUT2D eigenvalue weighted by molar-refractivity contribution is 5.97. The zero-order chi connectivity index (χ0) is 16.8. The average Bonchev–Trinajstić information content (AvgIpc) is 2.63. The van der Waals surface area contributed by atoms with Crippen molar-refractivity contribution >= 4 is 5.91 Å². The summed E-state index contributed by atoms with van der Waals surface area (Å²) in [6.07, 6.45) is 3.46. The summed E-state index contributed by atoms with van der Waals surface area (Å²) in [5.74, 6) is 1.04. The first-order chi connectivity index (χ1) is 11.7. The molecule has 0 spiro atoms. The lowest BCUT2D eigenvalue weighted by atomic mass is 10.1. The van der Waals surface area contributed by atoms with Gasteiger partial charge in [-0.2, -0.15) is 0 Å². The van der Waals surface area contributed by atoms with Crippen molar-refractivity contribution < 1.29 is 9.53 Å². The Hall–Kier alpha value is -3.14. The minimum absolute atomic E-state index is 0.143. The summed E-state index contributed by atoms with van der Waals surface area (Å²) >= 11 is 0. The highest BCUT2D eigenvalue weighted by atomic mass is 16.5. The van der Waals surface area contributed by atoms with Crippen LogP contribution in [0.4, 0.5) is 0 Å². The molecule has 1 aromatic heterocycles. The third kappa shape index (κ3) is 3.79. The molecule has 0 saturated heterocycles. The van der Waals surface area contributed by atoms with Crippen molar-refractivity contribution in [1.29, 1.82) is 0 Å². The van der Waals surface area contributed by atoms with Crippen LogP contribution in [0.5, 0.6) is 11.5 Å². The molecule has 1 atom stereocenters. The molecule has 3 rings (SSSR count). The van der Waals surface area contributed by atoms with Crippen LogP contribution in [0.1, 0.15) is 28.9 Å². The van der Waals surface area contributed by atoms with Gasteiger partial charge in [0.2, 0.25) is 0 Å². The van der Waals surface area contributed by atoms with Gasteiger partial charge in [0.15, 0.2) is 0 Å². The van der Waals surface area contributed by atoms with Gasteiger partial charge in [-0.3, -0.25) is 9.78 Å². The molecule has 4 heteroatoms. The summed E-state index contributed by atoms with van der Waals surface area (Å²) < 4.78 is 5.84. The molecule has 2 aromatic carbocycles. The standard InChI is InChI=1S/C20H18N2O2/c1-15(16-8-7-13-21-14-16)22-20(23)18-11-5-6-12-19(18)24-17-9-3-2-4-10-17/h2-15H,1H3,(H,22,23)/t15-/m0/s1. The molecule has 0 radical (unpaired) electrons. The van der Waals surface area contributed by atoms with Gasteiger partial charge < -0.3 is 10.1 Å². The van der Waals surface area contributed by atoms with Gasteiger partial charge in [-0.25, -0.2) is 0 Å². The Morgan fingerprint density at radius 1 is 1.00 bits per heavy atom. The second-order valence-corrected chi connectivity index (χ2v) is 5.39. The first-order valence-corrected chi connectivity index (χ1v) is 7.77. The molecule has 24 heavy (non-hydrogen) atoms. The first-order valence-electron chi connectivity index (χ1n) is 7.77. The summed E-state index contributed by atoms with van der Waals surface area (Å²) in [6, 6.07) is 20.3. The molecule has 1 amide bonds. The van der Waals surface area contributed by atoms with Crippen LogP contribution in [0.3, 0.4) is 0 Å². The summed E-state index contributed by atoms with van der Waals surface area (Å²) in [7, 11) is 0. The minimum atomic E-state index is -0.183. The van der Waals surface area contributed by atoms with Crippen LogP contribution in [0, 0.1) is 0 Å². The van der Waals surface area contributed by atoms with Crippen molar-refractivity contribution in [2.45, 2.75) is 13.0 Å². The minimum Gasteiger partial charge on any atom is -0.457 e. The summed E-state index contributed by atoms with van der Waals surface area (Å²) in [5, 5.41) is 2.98. The number of para-hydroxylation sites is 2. The van der Waals surface area contributed by atoms with Crippen molar-refractivity contribution in [3.63, 3.8) is 0 Å². The highest BCUT2D eigenvalue weighted by Gasteiger charge is 2.16. The fraction of sp³-hybridized carbons (Fsp3) is 0.100. The number of nitrogens with zero attached hydrogens (tertiary/aromatic N) is 1. The molecule has 0 unspecified atom stereocenters. The summed E-state index contributed by atoms with van der Waals surface area (Å²) in [4.78, 5) is 16.7. The van der Waals surface area contributed by atoms with Gasteiger partial charge in [0.1, 0.15) is 11.5 Å². The molecule has 0 saturated carbocycles. The molecule has 120 valence electrons. The zero-order valence-corrected chi connectivity index (χ0v) is 13.3. The summed E-state index contributed by atoms with van der Waals surface area (Å²) in [6.45, 7) is 1.93. The molecular weight excluding hydrogens is 300 g/mol. The number of hydrogen-bond donors (Lipinski definition) is 1. The van der Waals surface area contributed by atoms with Crippen LogP contribution in [0.2, 0.25) is 0 Å². The molecule has 4 nitrogen and oxygen atoms in total. The highest BCUT2D eigenvalue weighted by Crippen LogP contribution is 2.25. The number of nitrogens with one attached hydrogen (secondary N) is 1. The van der Waals surface area contributed by atoms with Crippen molar-refractivity contribution in [3.05, 3.63) is 90.3 Å². The normalized spacial score (nSPS) is 11.5. The van der Waals surface area contributed by atoms with Gasteiger partial charge >= 0.3 is 0 Å². The molecule has 1 N–H and O–H groups in total.